The summed E-state index contributed by atoms with van der Waals surface area (Å²) in [6.45, 7) is 5.34. The van der Waals surface area contributed by atoms with Crippen LogP contribution in [0.25, 0.3) is 0 Å². The third kappa shape index (κ3) is 4.66. The SMILES string of the molecule is CC(C)(C)OC(=O)Nc1cc(Cl)c(Cl)cc1S. The number of rotatable bonds is 1. The van der Waals surface area contributed by atoms with Gasteiger partial charge in [0.15, 0.2) is 0 Å². The number of anilines is 1. The van der Waals surface area contributed by atoms with Gasteiger partial charge in [0.2, 0.25) is 0 Å². The molecule has 17 heavy (non-hydrogen) atoms. The number of carbonyl (C=O) groups excluding carboxylic acids is 1. The number of hydrogen-bond acceptors (Lipinski definition) is 3. The highest BCUT2D eigenvalue weighted by Crippen LogP contribution is 2.31. The van der Waals surface area contributed by atoms with Crippen molar-refractivity contribution in [3.05, 3.63) is 22.2 Å². The van der Waals surface area contributed by atoms with Gasteiger partial charge in [-0.05, 0) is 32.9 Å². The Morgan fingerprint density at radius 3 is 2.35 bits per heavy atom. The number of benzene rings is 1. The van der Waals surface area contributed by atoms with Gasteiger partial charge in [-0.1, -0.05) is 23.2 Å². The number of carbonyl (C=O) groups is 1. The predicted octanol–water partition coefficient (Wildman–Crippen LogP) is 4.63. The molecular formula is C11H13Cl2NO2S. The molecule has 3 nitrogen and oxygen atoms in total. The van der Waals surface area contributed by atoms with Gasteiger partial charge in [0.25, 0.3) is 0 Å². The van der Waals surface area contributed by atoms with Crippen molar-refractivity contribution in [1.29, 1.82) is 0 Å². The first-order valence-corrected chi connectivity index (χ1v) is 6.07. The molecule has 0 aliphatic rings. The van der Waals surface area contributed by atoms with E-state index in [0.29, 0.717) is 20.6 Å². The summed E-state index contributed by atoms with van der Waals surface area (Å²) >= 11 is 15.8. The fourth-order valence-corrected chi connectivity index (χ4v) is 1.70. The van der Waals surface area contributed by atoms with E-state index in [-0.39, 0.29) is 0 Å². The summed E-state index contributed by atoms with van der Waals surface area (Å²) in [6, 6.07) is 3.08. The van der Waals surface area contributed by atoms with Crippen LogP contribution in [0.2, 0.25) is 10.0 Å². The largest absolute Gasteiger partial charge is 0.444 e. The highest BCUT2D eigenvalue weighted by Gasteiger charge is 2.17. The number of ether oxygens (including phenoxy) is 1. The molecule has 0 saturated heterocycles. The van der Waals surface area contributed by atoms with Crippen molar-refractivity contribution in [2.24, 2.45) is 0 Å². The maximum Gasteiger partial charge on any atom is 0.412 e. The molecule has 0 atom stereocenters. The number of nitrogens with one attached hydrogen (secondary N) is 1. The highest BCUT2D eigenvalue weighted by atomic mass is 35.5. The lowest BCUT2D eigenvalue weighted by Crippen LogP contribution is -2.27. The van der Waals surface area contributed by atoms with E-state index in [0.717, 1.165) is 0 Å². The maximum atomic E-state index is 11.5. The van der Waals surface area contributed by atoms with Crippen LogP contribution in [-0.2, 0) is 4.74 Å². The maximum absolute atomic E-state index is 11.5. The van der Waals surface area contributed by atoms with E-state index in [1.807, 2.05) is 0 Å². The molecule has 0 aliphatic carbocycles. The van der Waals surface area contributed by atoms with Crippen molar-refractivity contribution in [1.82, 2.24) is 0 Å². The van der Waals surface area contributed by atoms with E-state index in [1.54, 1.807) is 26.8 Å². The van der Waals surface area contributed by atoms with Crippen LogP contribution in [-0.4, -0.2) is 11.7 Å². The molecule has 0 aromatic heterocycles. The van der Waals surface area contributed by atoms with E-state index in [1.165, 1.54) is 6.07 Å². The second kappa shape index (κ2) is 5.38. The Kier molecular flexibility index (Phi) is 4.58. The van der Waals surface area contributed by atoms with Gasteiger partial charge >= 0.3 is 6.09 Å². The molecule has 0 bridgehead atoms. The highest BCUT2D eigenvalue weighted by molar-refractivity contribution is 7.80. The molecule has 94 valence electrons. The normalized spacial score (nSPS) is 11.2. The molecule has 0 saturated carbocycles. The second-order valence-corrected chi connectivity index (χ2v) is 5.71. The van der Waals surface area contributed by atoms with Crippen LogP contribution in [0.1, 0.15) is 20.8 Å². The van der Waals surface area contributed by atoms with Gasteiger partial charge in [-0.25, -0.2) is 4.79 Å². The van der Waals surface area contributed by atoms with Crippen molar-refractivity contribution in [3.8, 4) is 0 Å². The monoisotopic (exact) mass is 293 g/mol. The fraction of sp³-hybridized carbons (Fsp3) is 0.364. The average Bonchev–Trinajstić information content (AvgIpc) is 2.11. The lowest BCUT2D eigenvalue weighted by Gasteiger charge is -2.20. The van der Waals surface area contributed by atoms with Crippen molar-refractivity contribution < 1.29 is 9.53 Å². The molecular weight excluding hydrogens is 281 g/mol. The number of hydrogen-bond donors (Lipinski definition) is 2. The molecule has 1 amide bonds. The summed E-state index contributed by atoms with van der Waals surface area (Å²) in [5.74, 6) is 0. The fourth-order valence-electron chi connectivity index (χ4n) is 1.05. The zero-order chi connectivity index (χ0) is 13.2. The average molecular weight is 294 g/mol. The van der Waals surface area contributed by atoms with E-state index < -0.39 is 11.7 Å². The first-order valence-electron chi connectivity index (χ1n) is 4.87. The topological polar surface area (TPSA) is 38.3 Å². The van der Waals surface area contributed by atoms with Crippen LogP contribution >= 0.6 is 35.8 Å². The minimum atomic E-state index is -0.564. The second-order valence-electron chi connectivity index (χ2n) is 4.41. The summed E-state index contributed by atoms with van der Waals surface area (Å²) in [6.07, 6.45) is -0.564. The lowest BCUT2D eigenvalue weighted by atomic mass is 10.2. The number of halogens is 2. The summed E-state index contributed by atoms with van der Waals surface area (Å²) in [5.41, 5.74) is -0.103. The molecule has 6 heteroatoms. The molecule has 1 N–H and O–H groups in total. The lowest BCUT2D eigenvalue weighted by molar-refractivity contribution is 0.0635. The summed E-state index contributed by atoms with van der Waals surface area (Å²) in [7, 11) is 0. The van der Waals surface area contributed by atoms with Crippen LogP contribution in [0, 0.1) is 0 Å². The van der Waals surface area contributed by atoms with Crippen LogP contribution in [0.3, 0.4) is 0 Å². The van der Waals surface area contributed by atoms with Gasteiger partial charge in [0.05, 0.1) is 15.7 Å². The molecule has 1 aromatic carbocycles. The van der Waals surface area contributed by atoms with Crippen LogP contribution in [0.15, 0.2) is 17.0 Å². The van der Waals surface area contributed by atoms with E-state index in [4.69, 9.17) is 27.9 Å². The van der Waals surface area contributed by atoms with E-state index >= 15 is 0 Å². The molecule has 0 aliphatic heterocycles. The Morgan fingerprint density at radius 1 is 1.29 bits per heavy atom. The van der Waals surface area contributed by atoms with Crippen molar-refractivity contribution in [3.63, 3.8) is 0 Å². The standard InChI is InChI=1S/C11H13Cl2NO2S/c1-11(2,3)16-10(15)14-8-4-6(12)7(13)5-9(8)17/h4-5,17H,1-3H3,(H,14,15). The first kappa shape index (κ1) is 14.5. The third-order valence-electron chi connectivity index (χ3n) is 1.67. The zero-order valence-electron chi connectivity index (χ0n) is 9.67. The zero-order valence-corrected chi connectivity index (χ0v) is 12.1. The Balaban J connectivity index is 2.82. The van der Waals surface area contributed by atoms with Crippen molar-refractivity contribution in [2.45, 2.75) is 31.3 Å². The quantitative estimate of drug-likeness (QED) is 0.741. The summed E-state index contributed by atoms with van der Waals surface area (Å²) in [5, 5.41) is 3.28. The van der Waals surface area contributed by atoms with Gasteiger partial charge in [-0.15, -0.1) is 12.6 Å². The first-order chi connectivity index (χ1) is 7.69. The minimum Gasteiger partial charge on any atom is -0.444 e. The van der Waals surface area contributed by atoms with E-state index in [9.17, 15) is 4.79 Å². The van der Waals surface area contributed by atoms with Crippen LogP contribution in [0.5, 0.6) is 0 Å². The van der Waals surface area contributed by atoms with Gasteiger partial charge in [0, 0.05) is 4.90 Å². The predicted molar refractivity (Wildman–Crippen MR) is 73.6 cm³/mol. The molecule has 0 unspecified atom stereocenters. The van der Waals surface area contributed by atoms with Crippen LogP contribution in [0.4, 0.5) is 10.5 Å². The number of thiol groups is 1. The summed E-state index contributed by atoms with van der Waals surface area (Å²) < 4.78 is 5.11. The van der Waals surface area contributed by atoms with Crippen molar-refractivity contribution in [2.75, 3.05) is 5.32 Å². The molecule has 0 heterocycles. The minimum absolute atomic E-state index is 0.343. The number of amides is 1. The molecule has 0 spiro atoms. The van der Waals surface area contributed by atoms with Gasteiger partial charge in [0.1, 0.15) is 5.60 Å². The van der Waals surface area contributed by atoms with Gasteiger partial charge < -0.3 is 4.74 Å². The molecule has 0 fully saturated rings. The third-order valence-corrected chi connectivity index (χ3v) is 2.77. The van der Waals surface area contributed by atoms with Gasteiger partial charge in [-0.2, -0.15) is 0 Å². The smallest absolute Gasteiger partial charge is 0.412 e. The Hall–Kier alpha value is -0.580. The summed E-state index contributed by atoms with van der Waals surface area (Å²) in [4.78, 5) is 12.1. The Labute approximate surface area is 116 Å². The molecule has 1 rings (SSSR count). The Morgan fingerprint density at radius 2 is 1.82 bits per heavy atom. The van der Waals surface area contributed by atoms with Gasteiger partial charge in [-0.3, -0.25) is 5.32 Å². The molecule has 1 aromatic rings. The van der Waals surface area contributed by atoms with Crippen molar-refractivity contribution >= 4 is 47.6 Å². The molecule has 0 radical (unpaired) electrons. The van der Waals surface area contributed by atoms with E-state index in [2.05, 4.69) is 17.9 Å². The Bertz CT molecular complexity index is 444. The van der Waals surface area contributed by atoms with Crippen LogP contribution < -0.4 is 5.32 Å².